The molecule has 3 nitrogen and oxygen atoms in total. The van der Waals surface area contributed by atoms with Crippen LogP contribution in [0.3, 0.4) is 0 Å². The third-order valence-corrected chi connectivity index (χ3v) is 4.08. The normalized spacial score (nSPS) is 11.5. The zero-order valence-corrected chi connectivity index (χ0v) is 13.4. The molecule has 0 spiro atoms. The molecule has 0 aliphatic heterocycles. The van der Waals surface area contributed by atoms with Crippen molar-refractivity contribution < 1.29 is 4.39 Å². The molecule has 0 aromatic heterocycles. The van der Waals surface area contributed by atoms with Crippen molar-refractivity contribution >= 4 is 23.4 Å². The Balaban J connectivity index is 1.76. The second-order valence-corrected chi connectivity index (χ2v) is 5.91. The summed E-state index contributed by atoms with van der Waals surface area (Å²) in [5.74, 6) is 0.983. The van der Waals surface area contributed by atoms with Gasteiger partial charge in [-0.25, -0.2) is 4.39 Å². The van der Waals surface area contributed by atoms with Crippen molar-refractivity contribution in [2.75, 3.05) is 17.6 Å². The van der Waals surface area contributed by atoms with Gasteiger partial charge in [-0.3, -0.25) is 4.99 Å². The second-order valence-electron chi connectivity index (χ2n) is 4.74. The van der Waals surface area contributed by atoms with Crippen molar-refractivity contribution in [3.05, 3.63) is 59.9 Å². The van der Waals surface area contributed by atoms with Crippen LogP contribution < -0.4 is 11.1 Å². The van der Waals surface area contributed by atoms with Gasteiger partial charge in [-0.1, -0.05) is 19.1 Å². The molecule has 0 aliphatic carbocycles. The first-order chi connectivity index (χ1) is 10.7. The van der Waals surface area contributed by atoms with E-state index in [9.17, 15) is 4.39 Å². The lowest BCUT2D eigenvalue weighted by atomic mass is 10.1. The quantitative estimate of drug-likeness (QED) is 0.368. The zero-order valence-electron chi connectivity index (χ0n) is 12.6. The molecule has 0 unspecified atom stereocenters. The highest BCUT2D eigenvalue weighted by Crippen LogP contribution is 2.17. The molecular formula is C17H20FN3S. The Bertz CT molecular complexity index is 609. The third-order valence-electron chi connectivity index (χ3n) is 3.09. The largest absolute Gasteiger partial charge is 0.370 e. The predicted molar refractivity (Wildman–Crippen MR) is 93.1 cm³/mol. The van der Waals surface area contributed by atoms with Crippen LogP contribution in [0, 0.1) is 5.82 Å². The molecule has 0 aliphatic rings. The highest BCUT2D eigenvalue weighted by molar-refractivity contribution is 7.99. The van der Waals surface area contributed by atoms with Crippen LogP contribution in [0.15, 0.2) is 58.4 Å². The summed E-state index contributed by atoms with van der Waals surface area (Å²) in [6, 6.07) is 14.6. The van der Waals surface area contributed by atoms with Gasteiger partial charge in [0.15, 0.2) is 5.96 Å². The van der Waals surface area contributed by atoms with E-state index in [1.807, 2.05) is 12.1 Å². The van der Waals surface area contributed by atoms with Crippen molar-refractivity contribution in [3.63, 3.8) is 0 Å². The average molecular weight is 317 g/mol. The van der Waals surface area contributed by atoms with Gasteiger partial charge in [-0.05, 0) is 48.4 Å². The van der Waals surface area contributed by atoms with Crippen LogP contribution in [0.1, 0.15) is 12.5 Å². The fourth-order valence-electron chi connectivity index (χ4n) is 1.87. The summed E-state index contributed by atoms with van der Waals surface area (Å²) in [6.07, 6.45) is 1.02. The first kappa shape index (κ1) is 16.4. The number of benzene rings is 2. The number of aliphatic imine (C=N–C) groups is 1. The van der Waals surface area contributed by atoms with Crippen LogP contribution in [-0.2, 0) is 6.42 Å². The monoisotopic (exact) mass is 317 g/mol. The Morgan fingerprint density at radius 2 is 1.82 bits per heavy atom. The number of nitrogens with two attached hydrogens (primary N) is 1. The molecule has 0 fully saturated rings. The highest BCUT2D eigenvalue weighted by atomic mass is 32.2. The molecule has 5 heteroatoms. The Kier molecular flexibility index (Phi) is 6.27. The Labute approximate surface area is 134 Å². The maximum Gasteiger partial charge on any atom is 0.193 e. The maximum atomic E-state index is 12.8. The second kappa shape index (κ2) is 8.44. The SMILES string of the molecule is CCc1ccc(NC(N)=NCCSc2ccc(F)cc2)cc1. The lowest BCUT2D eigenvalue weighted by Crippen LogP contribution is -2.23. The highest BCUT2D eigenvalue weighted by Gasteiger charge is 1.97. The Hall–Kier alpha value is -2.01. The Morgan fingerprint density at radius 3 is 2.45 bits per heavy atom. The summed E-state index contributed by atoms with van der Waals surface area (Å²) < 4.78 is 12.8. The number of aryl methyl sites for hydroxylation is 1. The summed E-state index contributed by atoms with van der Waals surface area (Å²) in [7, 11) is 0. The van der Waals surface area contributed by atoms with Crippen LogP contribution in [-0.4, -0.2) is 18.3 Å². The average Bonchev–Trinajstić information content (AvgIpc) is 2.54. The van der Waals surface area contributed by atoms with E-state index in [2.05, 4.69) is 29.4 Å². The molecule has 3 N–H and O–H groups in total. The number of anilines is 1. The summed E-state index contributed by atoms with van der Waals surface area (Å²) in [5, 5.41) is 3.07. The summed E-state index contributed by atoms with van der Waals surface area (Å²) in [6.45, 7) is 2.73. The van der Waals surface area contributed by atoms with E-state index in [1.54, 1.807) is 23.9 Å². The van der Waals surface area contributed by atoms with Gasteiger partial charge in [-0.15, -0.1) is 11.8 Å². The summed E-state index contributed by atoms with van der Waals surface area (Å²) in [4.78, 5) is 5.31. The minimum absolute atomic E-state index is 0.218. The fraction of sp³-hybridized carbons (Fsp3) is 0.235. The lowest BCUT2D eigenvalue weighted by molar-refractivity contribution is 0.626. The van der Waals surface area contributed by atoms with Crippen molar-refractivity contribution in [1.29, 1.82) is 0 Å². The molecule has 116 valence electrons. The summed E-state index contributed by atoms with van der Waals surface area (Å²) in [5.41, 5.74) is 8.08. The third kappa shape index (κ3) is 5.41. The molecule has 2 aromatic rings. The van der Waals surface area contributed by atoms with Crippen LogP contribution in [0.5, 0.6) is 0 Å². The minimum atomic E-state index is -0.218. The number of guanidine groups is 1. The van der Waals surface area contributed by atoms with Gasteiger partial charge >= 0.3 is 0 Å². The van der Waals surface area contributed by atoms with Gasteiger partial charge in [0.25, 0.3) is 0 Å². The van der Waals surface area contributed by atoms with Gasteiger partial charge in [0.05, 0.1) is 6.54 Å². The van der Waals surface area contributed by atoms with E-state index < -0.39 is 0 Å². The first-order valence-corrected chi connectivity index (χ1v) is 8.20. The number of rotatable bonds is 6. The number of thioether (sulfide) groups is 1. The molecule has 0 atom stereocenters. The lowest BCUT2D eigenvalue weighted by Gasteiger charge is -2.06. The number of hydrogen-bond donors (Lipinski definition) is 2. The van der Waals surface area contributed by atoms with Gasteiger partial charge in [0.1, 0.15) is 5.82 Å². The number of halogens is 1. The maximum absolute atomic E-state index is 12.8. The van der Waals surface area contributed by atoms with Crippen molar-refractivity contribution in [2.45, 2.75) is 18.2 Å². The minimum Gasteiger partial charge on any atom is -0.370 e. The molecule has 22 heavy (non-hydrogen) atoms. The molecule has 0 amide bonds. The van der Waals surface area contributed by atoms with E-state index in [0.29, 0.717) is 12.5 Å². The van der Waals surface area contributed by atoms with Gasteiger partial charge in [0.2, 0.25) is 0 Å². The molecule has 0 heterocycles. The molecule has 0 saturated carbocycles. The van der Waals surface area contributed by atoms with E-state index in [0.717, 1.165) is 22.8 Å². The smallest absolute Gasteiger partial charge is 0.193 e. The van der Waals surface area contributed by atoms with Crippen LogP contribution in [0.4, 0.5) is 10.1 Å². The number of nitrogens with one attached hydrogen (secondary N) is 1. The molecule has 0 radical (unpaired) electrons. The van der Waals surface area contributed by atoms with E-state index in [-0.39, 0.29) is 5.82 Å². The molecular weight excluding hydrogens is 297 g/mol. The number of nitrogens with zero attached hydrogens (tertiary/aromatic N) is 1. The summed E-state index contributed by atoms with van der Waals surface area (Å²) >= 11 is 1.63. The predicted octanol–water partition coefficient (Wildman–Crippen LogP) is 3.91. The van der Waals surface area contributed by atoms with Crippen molar-refractivity contribution in [1.82, 2.24) is 0 Å². The molecule has 2 aromatic carbocycles. The van der Waals surface area contributed by atoms with Gasteiger partial charge in [-0.2, -0.15) is 0 Å². The molecule has 2 rings (SSSR count). The zero-order chi connectivity index (χ0) is 15.8. The van der Waals surface area contributed by atoms with Crippen molar-refractivity contribution in [3.8, 4) is 0 Å². The van der Waals surface area contributed by atoms with Crippen molar-refractivity contribution in [2.24, 2.45) is 10.7 Å². The van der Waals surface area contributed by atoms with E-state index >= 15 is 0 Å². The van der Waals surface area contributed by atoms with E-state index in [4.69, 9.17) is 5.73 Å². The molecule has 0 saturated heterocycles. The fourth-order valence-corrected chi connectivity index (χ4v) is 2.62. The number of hydrogen-bond acceptors (Lipinski definition) is 2. The topological polar surface area (TPSA) is 50.4 Å². The van der Waals surface area contributed by atoms with Crippen LogP contribution >= 0.6 is 11.8 Å². The standard InChI is InChI=1S/C17H20FN3S/c1-2-13-3-7-15(8-4-13)21-17(19)20-11-12-22-16-9-5-14(18)6-10-16/h3-10H,2,11-12H2,1H3,(H3,19,20,21). The van der Waals surface area contributed by atoms with Crippen LogP contribution in [0.25, 0.3) is 0 Å². The Morgan fingerprint density at radius 1 is 1.14 bits per heavy atom. The molecule has 0 bridgehead atoms. The van der Waals surface area contributed by atoms with Gasteiger partial charge < -0.3 is 11.1 Å². The van der Waals surface area contributed by atoms with Gasteiger partial charge in [0, 0.05) is 16.3 Å². The van der Waals surface area contributed by atoms with E-state index in [1.165, 1.54) is 17.7 Å². The first-order valence-electron chi connectivity index (χ1n) is 7.21. The van der Waals surface area contributed by atoms with Crippen LogP contribution in [0.2, 0.25) is 0 Å².